The molecular formula is C12H22OS. The van der Waals surface area contributed by atoms with E-state index in [0.717, 1.165) is 0 Å². The highest BCUT2D eigenvalue weighted by Crippen LogP contribution is 2.32. The SMILES string of the molecule is [O-][S+](C1CCCCC1)C1CCCCC1. The maximum Gasteiger partial charge on any atom is 0.115 e. The van der Waals surface area contributed by atoms with Crippen LogP contribution in [0.5, 0.6) is 0 Å². The van der Waals surface area contributed by atoms with Crippen LogP contribution in [0.15, 0.2) is 0 Å². The van der Waals surface area contributed by atoms with Gasteiger partial charge in [-0.15, -0.1) is 0 Å². The van der Waals surface area contributed by atoms with Crippen molar-refractivity contribution in [2.75, 3.05) is 0 Å². The summed E-state index contributed by atoms with van der Waals surface area (Å²) in [5.41, 5.74) is 0. The molecule has 2 aliphatic rings. The van der Waals surface area contributed by atoms with Gasteiger partial charge < -0.3 is 4.55 Å². The van der Waals surface area contributed by atoms with E-state index in [1.165, 1.54) is 64.2 Å². The quantitative estimate of drug-likeness (QED) is 0.646. The fourth-order valence-electron chi connectivity index (χ4n) is 2.87. The molecule has 2 saturated carbocycles. The fraction of sp³-hybridized carbons (Fsp3) is 1.00. The Bertz CT molecular complexity index is 142. The highest BCUT2D eigenvalue weighted by Gasteiger charge is 2.32. The van der Waals surface area contributed by atoms with Crippen LogP contribution in [0.2, 0.25) is 0 Å². The molecule has 1 nitrogen and oxygen atoms in total. The Hall–Kier alpha value is 0.310. The Balaban J connectivity index is 1.82. The summed E-state index contributed by atoms with van der Waals surface area (Å²) in [5.74, 6) is 0. The van der Waals surface area contributed by atoms with Gasteiger partial charge >= 0.3 is 0 Å². The minimum atomic E-state index is -0.493. The minimum absolute atomic E-state index is 0.493. The van der Waals surface area contributed by atoms with Crippen LogP contribution >= 0.6 is 0 Å². The zero-order valence-corrected chi connectivity index (χ0v) is 9.86. The first-order chi connectivity index (χ1) is 6.88. The molecule has 0 aromatic carbocycles. The van der Waals surface area contributed by atoms with Crippen LogP contribution < -0.4 is 0 Å². The molecule has 0 amide bonds. The number of hydrogen-bond donors (Lipinski definition) is 0. The topological polar surface area (TPSA) is 23.1 Å². The summed E-state index contributed by atoms with van der Waals surface area (Å²) < 4.78 is 12.3. The van der Waals surface area contributed by atoms with Gasteiger partial charge in [-0.1, -0.05) is 12.8 Å². The molecule has 0 radical (unpaired) electrons. The van der Waals surface area contributed by atoms with E-state index in [2.05, 4.69) is 0 Å². The van der Waals surface area contributed by atoms with E-state index in [4.69, 9.17) is 0 Å². The van der Waals surface area contributed by atoms with Crippen molar-refractivity contribution in [1.29, 1.82) is 0 Å². The van der Waals surface area contributed by atoms with Gasteiger partial charge in [-0.3, -0.25) is 0 Å². The first kappa shape index (κ1) is 10.8. The van der Waals surface area contributed by atoms with Gasteiger partial charge in [0, 0.05) is 0 Å². The summed E-state index contributed by atoms with van der Waals surface area (Å²) in [6.45, 7) is 0. The van der Waals surface area contributed by atoms with E-state index in [-0.39, 0.29) is 0 Å². The molecule has 0 aromatic rings. The van der Waals surface area contributed by atoms with E-state index >= 15 is 0 Å². The summed E-state index contributed by atoms with van der Waals surface area (Å²) >= 11 is -0.493. The van der Waals surface area contributed by atoms with Gasteiger partial charge in [-0.05, 0) is 62.5 Å². The molecule has 0 unspecified atom stereocenters. The van der Waals surface area contributed by atoms with Crippen molar-refractivity contribution >= 4 is 11.2 Å². The second-order valence-electron chi connectivity index (χ2n) is 4.85. The second-order valence-corrected chi connectivity index (χ2v) is 6.84. The van der Waals surface area contributed by atoms with Gasteiger partial charge in [-0.25, -0.2) is 0 Å². The molecule has 2 aliphatic carbocycles. The largest absolute Gasteiger partial charge is 0.616 e. The number of rotatable bonds is 2. The Morgan fingerprint density at radius 1 is 0.643 bits per heavy atom. The third-order valence-corrected chi connectivity index (χ3v) is 6.02. The predicted octanol–water partition coefficient (Wildman–Crippen LogP) is 3.40. The van der Waals surface area contributed by atoms with Gasteiger partial charge in [0.1, 0.15) is 10.5 Å². The van der Waals surface area contributed by atoms with Gasteiger partial charge in [0.2, 0.25) is 0 Å². The average Bonchev–Trinajstić information content (AvgIpc) is 2.30. The highest BCUT2D eigenvalue weighted by atomic mass is 32.2. The monoisotopic (exact) mass is 214 g/mol. The zero-order valence-electron chi connectivity index (χ0n) is 9.04. The first-order valence-electron chi connectivity index (χ1n) is 6.27. The van der Waals surface area contributed by atoms with Crippen LogP contribution in [-0.4, -0.2) is 15.1 Å². The Labute approximate surface area is 90.8 Å². The molecule has 0 bridgehead atoms. The Morgan fingerprint density at radius 3 is 1.36 bits per heavy atom. The van der Waals surface area contributed by atoms with Crippen molar-refractivity contribution in [3.05, 3.63) is 0 Å². The molecule has 2 heteroatoms. The van der Waals surface area contributed by atoms with Crippen LogP contribution in [0, 0.1) is 0 Å². The molecular weight excluding hydrogens is 192 g/mol. The van der Waals surface area contributed by atoms with E-state index in [0.29, 0.717) is 10.5 Å². The van der Waals surface area contributed by atoms with Gasteiger partial charge in [-0.2, -0.15) is 0 Å². The summed E-state index contributed by atoms with van der Waals surface area (Å²) in [5, 5.41) is 1.12. The zero-order chi connectivity index (χ0) is 9.80. The van der Waals surface area contributed by atoms with Crippen LogP contribution in [0.1, 0.15) is 64.2 Å². The third kappa shape index (κ3) is 2.66. The van der Waals surface area contributed by atoms with Crippen molar-refractivity contribution in [3.63, 3.8) is 0 Å². The summed E-state index contributed by atoms with van der Waals surface area (Å²) in [6, 6.07) is 0. The maximum atomic E-state index is 12.3. The second kappa shape index (κ2) is 5.41. The lowest BCUT2D eigenvalue weighted by Gasteiger charge is -2.32. The summed E-state index contributed by atoms with van der Waals surface area (Å²) in [4.78, 5) is 0. The van der Waals surface area contributed by atoms with Crippen molar-refractivity contribution in [1.82, 2.24) is 0 Å². The van der Waals surface area contributed by atoms with Crippen molar-refractivity contribution in [2.45, 2.75) is 74.7 Å². The highest BCUT2D eigenvalue weighted by molar-refractivity contribution is 7.92. The van der Waals surface area contributed by atoms with Gasteiger partial charge in [0.15, 0.2) is 0 Å². The normalized spacial score (nSPS) is 27.0. The maximum absolute atomic E-state index is 12.3. The molecule has 0 spiro atoms. The molecule has 0 atom stereocenters. The predicted molar refractivity (Wildman–Crippen MR) is 61.9 cm³/mol. The Kier molecular flexibility index (Phi) is 4.18. The van der Waals surface area contributed by atoms with E-state index in [9.17, 15) is 4.55 Å². The smallest absolute Gasteiger partial charge is 0.115 e. The molecule has 0 heterocycles. The summed E-state index contributed by atoms with van der Waals surface area (Å²) in [6.07, 6.45) is 13.0. The average molecular weight is 214 g/mol. The lowest BCUT2D eigenvalue weighted by atomic mass is 10.00. The lowest BCUT2D eigenvalue weighted by Crippen LogP contribution is -2.34. The molecule has 2 fully saturated rings. The van der Waals surface area contributed by atoms with Crippen LogP contribution in [0.4, 0.5) is 0 Å². The molecule has 2 rings (SSSR count). The van der Waals surface area contributed by atoms with E-state index in [1.807, 2.05) is 0 Å². The van der Waals surface area contributed by atoms with Crippen molar-refractivity contribution < 1.29 is 4.55 Å². The molecule has 0 N–H and O–H groups in total. The van der Waals surface area contributed by atoms with Crippen molar-refractivity contribution in [2.24, 2.45) is 0 Å². The minimum Gasteiger partial charge on any atom is -0.616 e. The molecule has 0 aliphatic heterocycles. The van der Waals surface area contributed by atoms with Gasteiger partial charge in [0.25, 0.3) is 0 Å². The van der Waals surface area contributed by atoms with Crippen LogP contribution in [-0.2, 0) is 11.2 Å². The van der Waals surface area contributed by atoms with Crippen LogP contribution in [0.3, 0.4) is 0 Å². The van der Waals surface area contributed by atoms with E-state index < -0.39 is 11.2 Å². The standard InChI is InChI=1S/C12H22OS/c13-14(11-7-3-1-4-8-11)12-9-5-2-6-10-12/h11-12H,1-10H2. The Morgan fingerprint density at radius 2 is 1.00 bits per heavy atom. The van der Waals surface area contributed by atoms with Crippen molar-refractivity contribution in [3.8, 4) is 0 Å². The van der Waals surface area contributed by atoms with Crippen LogP contribution in [0.25, 0.3) is 0 Å². The summed E-state index contributed by atoms with van der Waals surface area (Å²) in [7, 11) is 0. The number of hydrogen-bond acceptors (Lipinski definition) is 1. The molecule has 0 aromatic heterocycles. The van der Waals surface area contributed by atoms with Gasteiger partial charge in [0.05, 0.1) is 0 Å². The van der Waals surface area contributed by atoms with E-state index in [1.54, 1.807) is 0 Å². The first-order valence-corrected chi connectivity index (χ1v) is 7.55. The lowest BCUT2D eigenvalue weighted by molar-refractivity contribution is 0.449. The molecule has 14 heavy (non-hydrogen) atoms. The third-order valence-electron chi connectivity index (χ3n) is 3.76. The molecule has 82 valence electrons. The molecule has 0 saturated heterocycles. The fourth-order valence-corrected chi connectivity index (χ4v) is 5.01.